The van der Waals surface area contributed by atoms with Gasteiger partial charge in [0.25, 0.3) is 0 Å². The number of hydrogen-bond donors (Lipinski definition) is 4. The van der Waals surface area contributed by atoms with Crippen LogP contribution in [0.1, 0.15) is 25.1 Å². The SMILES string of the molecule is CC(C)[C@H](NC(=O)OCc1ccccc1)C(=O)N[C@@H](Cc1cnc[nH]1)C(=O)O. The van der Waals surface area contributed by atoms with E-state index in [9.17, 15) is 19.5 Å². The molecule has 2 rings (SSSR count). The summed E-state index contributed by atoms with van der Waals surface area (Å²) < 4.78 is 5.14. The van der Waals surface area contributed by atoms with Gasteiger partial charge in [-0.1, -0.05) is 44.2 Å². The van der Waals surface area contributed by atoms with E-state index in [0.29, 0.717) is 5.69 Å². The van der Waals surface area contributed by atoms with Crippen molar-refractivity contribution in [2.24, 2.45) is 5.92 Å². The van der Waals surface area contributed by atoms with Gasteiger partial charge in [0.1, 0.15) is 18.7 Å². The normalized spacial score (nSPS) is 12.8. The van der Waals surface area contributed by atoms with Crippen molar-refractivity contribution in [2.75, 3.05) is 0 Å². The summed E-state index contributed by atoms with van der Waals surface area (Å²) in [4.78, 5) is 42.7. The number of carbonyl (C=O) groups is 3. The van der Waals surface area contributed by atoms with E-state index in [0.717, 1.165) is 5.56 Å². The molecule has 9 heteroatoms. The van der Waals surface area contributed by atoms with Gasteiger partial charge in [0, 0.05) is 18.3 Å². The molecule has 0 bridgehead atoms. The molecular formula is C19H24N4O5. The summed E-state index contributed by atoms with van der Waals surface area (Å²) in [7, 11) is 0. The molecule has 9 nitrogen and oxygen atoms in total. The number of rotatable bonds is 9. The predicted molar refractivity (Wildman–Crippen MR) is 100 cm³/mol. The van der Waals surface area contributed by atoms with Crippen LogP contribution in [-0.4, -0.2) is 45.1 Å². The van der Waals surface area contributed by atoms with Gasteiger partial charge < -0.3 is 25.5 Å². The Morgan fingerprint density at radius 1 is 1.18 bits per heavy atom. The average Bonchev–Trinajstić information content (AvgIpc) is 3.17. The zero-order valence-corrected chi connectivity index (χ0v) is 15.7. The van der Waals surface area contributed by atoms with Crippen LogP contribution in [0, 0.1) is 5.92 Å². The molecule has 1 aromatic heterocycles. The highest BCUT2D eigenvalue weighted by Crippen LogP contribution is 2.06. The van der Waals surface area contributed by atoms with Crippen molar-refractivity contribution >= 4 is 18.0 Å². The van der Waals surface area contributed by atoms with Crippen LogP contribution in [0.25, 0.3) is 0 Å². The Kier molecular flexibility index (Phi) is 7.55. The third-order valence-electron chi connectivity index (χ3n) is 4.03. The van der Waals surface area contributed by atoms with Gasteiger partial charge in [0.05, 0.1) is 6.33 Å². The van der Waals surface area contributed by atoms with Crippen molar-refractivity contribution in [3.8, 4) is 0 Å². The first-order chi connectivity index (χ1) is 13.4. The summed E-state index contributed by atoms with van der Waals surface area (Å²) in [6.45, 7) is 3.55. The van der Waals surface area contributed by atoms with Crippen LogP contribution in [0.2, 0.25) is 0 Å². The second-order valence-corrected chi connectivity index (χ2v) is 6.61. The van der Waals surface area contributed by atoms with Gasteiger partial charge in [-0.2, -0.15) is 0 Å². The van der Waals surface area contributed by atoms with Crippen molar-refractivity contribution in [3.63, 3.8) is 0 Å². The number of imidazole rings is 1. The number of aromatic nitrogens is 2. The zero-order valence-electron chi connectivity index (χ0n) is 15.7. The van der Waals surface area contributed by atoms with Gasteiger partial charge in [0.15, 0.2) is 0 Å². The van der Waals surface area contributed by atoms with Crippen LogP contribution in [0.5, 0.6) is 0 Å². The first-order valence-corrected chi connectivity index (χ1v) is 8.84. The molecule has 0 aliphatic rings. The van der Waals surface area contributed by atoms with E-state index in [2.05, 4.69) is 20.6 Å². The average molecular weight is 388 g/mol. The van der Waals surface area contributed by atoms with Gasteiger partial charge in [-0.25, -0.2) is 14.6 Å². The number of benzene rings is 1. The van der Waals surface area contributed by atoms with Crippen LogP contribution >= 0.6 is 0 Å². The van der Waals surface area contributed by atoms with Crippen LogP contribution in [0.15, 0.2) is 42.9 Å². The second kappa shape index (κ2) is 10.1. The van der Waals surface area contributed by atoms with E-state index < -0.39 is 30.1 Å². The molecule has 0 saturated carbocycles. The minimum absolute atomic E-state index is 0.0460. The van der Waals surface area contributed by atoms with Crippen LogP contribution in [0.4, 0.5) is 4.79 Å². The summed E-state index contributed by atoms with van der Waals surface area (Å²) in [6, 6.07) is 7.03. The van der Waals surface area contributed by atoms with Crippen molar-refractivity contribution in [1.82, 2.24) is 20.6 Å². The van der Waals surface area contributed by atoms with E-state index >= 15 is 0 Å². The number of carboxylic acids is 1. The molecule has 0 radical (unpaired) electrons. The minimum Gasteiger partial charge on any atom is -0.480 e. The maximum Gasteiger partial charge on any atom is 0.408 e. The Balaban J connectivity index is 1.94. The van der Waals surface area contributed by atoms with Crippen molar-refractivity contribution in [2.45, 2.75) is 39.0 Å². The Labute approximate surface area is 162 Å². The Hall–Kier alpha value is -3.36. The lowest BCUT2D eigenvalue weighted by Crippen LogP contribution is -2.54. The molecule has 0 fully saturated rings. The van der Waals surface area contributed by atoms with Crippen molar-refractivity contribution in [1.29, 1.82) is 0 Å². The summed E-state index contributed by atoms with van der Waals surface area (Å²) in [5, 5.41) is 14.3. The van der Waals surface area contributed by atoms with Crippen LogP contribution < -0.4 is 10.6 Å². The number of alkyl carbamates (subject to hydrolysis) is 1. The quantitative estimate of drug-likeness (QED) is 0.514. The molecule has 4 N–H and O–H groups in total. The fourth-order valence-corrected chi connectivity index (χ4v) is 2.50. The van der Waals surface area contributed by atoms with E-state index in [1.54, 1.807) is 13.8 Å². The van der Waals surface area contributed by atoms with E-state index in [1.165, 1.54) is 12.5 Å². The van der Waals surface area contributed by atoms with Gasteiger partial charge in [-0.05, 0) is 11.5 Å². The van der Waals surface area contributed by atoms with Gasteiger partial charge >= 0.3 is 12.1 Å². The molecule has 0 saturated heterocycles. The third kappa shape index (κ3) is 6.42. The lowest BCUT2D eigenvalue weighted by Gasteiger charge is -2.23. The molecule has 28 heavy (non-hydrogen) atoms. The number of aromatic amines is 1. The number of nitrogens with one attached hydrogen (secondary N) is 3. The topological polar surface area (TPSA) is 133 Å². The standard InChI is InChI=1S/C19H24N4O5/c1-12(2)16(23-19(27)28-10-13-6-4-3-5-7-13)17(24)22-15(18(25)26)8-14-9-20-11-21-14/h3-7,9,11-12,15-16H,8,10H2,1-2H3,(H,20,21)(H,22,24)(H,23,27)(H,25,26)/t15-,16-/m0/s1. The van der Waals surface area contributed by atoms with Crippen LogP contribution in [-0.2, 0) is 27.4 Å². The number of aliphatic carboxylic acids is 1. The maximum absolute atomic E-state index is 12.6. The highest BCUT2D eigenvalue weighted by molar-refractivity contribution is 5.89. The summed E-state index contributed by atoms with van der Waals surface area (Å²) in [6.07, 6.45) is 2.21. The van der Waals surface area contributed by atoms with Gasteiger partial charge in [0.2, 0.25) is 5.91 Å². The Morgan fingerprint density at radius 3 is 2.46 bits per heavy atom. The summed E-state index contributed by atoms with van der Waals surface area (Å²) >= 11 is 0. The lowest BCUT2D eigenvalue weighted by molar-refractivity contribution is -0.142. The summed E-state index contributed by atoms with van der Waals surface area (Å²) in [5.74, 6) is -2.05. The fourth-order valence-electron chi connectivity index (χ4n) is 2.50. The summed E-state index contributed by atoms with van der Waals surface area (Å²) in [5.41, 5.74) is 1.39. The first-order valence-electron chi connectivity index (χ1n) is 8.84. The van der Waals surface area contributed by atoms with E-state index in [4.69, 9.17) is 4.74 Å². The number of amides is 2. The molecule has 0 aliphatic heterocycles. The largest absolute Gasteiger partial charge is 0.480 e. The number of H-pyrrole nitrogens is 1. The number of ether oxygens (including phenoxy) is 1. The van der Waals surface area contributed by atoms with E-state index in [1.807, 2.05) is 30.3 Å². The number of carbonyl (C=O) groups excluding carboxylic acids is 2. The molecule has 1 aromatic carbocycles. The minimum atomic E-state index is -1.18. The van der Waals surface area contributed by atoms with E-state index in [-0.39, 0.29) is 18.9 Å². The van der Waals surface area contributed by atoms with Crippen LogP contribution in [0.3, 0.4) is 0 Å². The molecule has 150 valence electrons. The highest BCUT2D eigenvalue weighted by atomic mass is 16.5. The zero-order chi connectivity index (χ0) is 20.5. The Bertz CT molecular complexity index is 777. The molecule has 0 spiro atoms. The smallest absolute Gasteiger partial charge is 0.408 e. The monoisotopic (exact) mass is 388 g/mol. The number of hydrogen-bond acceptors (Lipinski definition) is 5. The molecule has 2 amide bonds. The maximum atomic E-state index is 12.6. The molecular weight excluding hydrogens is 364 g/mol. The van der Waals surface area contributed by atoms with Gasteiger partial charge in [-0.15, -0.1) is 0 Å². The lowest BCUT2D eigenvalue weighted by atomic mass is 10.0. The number of carboxylic acid groups (broad SMARTS) is 1. The second-order valence-electron chi connectivity index (χ2n) is 6.61. The fraction of sp³-hybridized carbons (Fsp3) is 0.368. The van der Waals surface area contributed by atoms with Gasteiger partial charge in [-0.3, -0.25) is 4.79 Å². The highest BCUT2D eigenvalue weighted by Gasteiger charge is 2.29. The third-order valence-corrected chi connectivity index (χ3v) is 4.03. The Morgan fingerprint density at radius 2 is 1.89 bits per heavy atom. The molecule has 0 unspecified atom stereocenters. The first kappa shape index (κ1) is 20.9. The predicted octanol–water partition coefficient (Wildman–Crippen LogP) is 1.47. The number of nitrogens with zero attached hydrogens (tertiary/aromatic N) is 1. The molecule has 1 heterocycles. The van der Waals surface area contributed by atoms with Crippen molar-refractivity contribution < 1.29 is 24.2 Å². The molecule has 2 atom stereocenters. The molecule has 0 aliphatic carbocycles. The molecule has 2 aromatic rings. The van der Waals surface area contributed by atoms with Crippen molar-refractivity contribution in [3.05, 3.63) is 54.1 Å².